The minimum atomic E-state index is -3.56. The number of nitrogens with zero attached hydrogens (tertiary/aromatic N) is 1. The Bertz CT molecular complexity index is 636. The lowest BCUT2D eigenvalue weighted by molar-refractivity contribution is 0.299. The Balaban J connectivity index is 2.36. The molecule has 0 heterocycles. The highest BCUT2D eigenvalue weighted by Gasteiger charge is 2.40. The predicted octanol–water partition coefficient (Wildman–Crippen LogP) is 4.22. The second-order valence-corrected chi connectivity index (χ2v) is 8.26. The van der Waals surface area contributed by atoms with E-state index < -0.39 is 21.0 Å². The molecule has 0 radical (unpaired) electrons. The van der Waals surface area contributed by atoms with Gasteiger partial charge < -0.3 is 0 Å². The van der Waals surface area contributed by atoms with Crippen LogP contribution in [0.4, 0.5) is 0 Å². The lowest BCUT2D eigenvalue weighted by atomic mass is 9.80. The third-order valence-corrected chi connectivity index (χ3v) is 7.03. The van der Waals surface area contributed by atoms with Crippen LogP contribution in [0.25, 0.3) is 0 Å². The lowest BCUT2D eigenvalue weighted by Crippen LogP contribution is -2.35. The number of nitriles is 1. The molecular weight excluding hydrogens is 306 g/mol. The summed E-state index contributed by atoms with van der Waals surface area (Å²) in [5, 5.41) is 8.92. The Morgan fingerprint density at radius 3 is 2.67 bits per heavy atom. The molecule has 1 saturated carbocycles. The summed E-state index contributed by atoms with van der Waals surface area (Å²) in [6.07, 6.45) is 4.24. The number of hydrogen-bond acceptors (Lipinski definition) is 3. The van der Waals surface area contributed by atoms with Crippen LogP contribution in [0.5, 0.6) is 0 Å². The quantitative estimate of drug-likeness (QED) is 0.832. The Labute approximate surface area is 131 Å². The van der Waals surface area contributed by atoms with Crippen LogP contribution in [-0.2, 0) is 9.84 Å². The summed E-state index contributed by atoms with van der Waals surface area (Å²) in [5.41, 5.74) is 0. The molecule has 3 nitrogen and oxygen atoms in total. The van der Waals surface area contributed by atoms with Gasteiger partial charge in [-0.3, -0.25) is 0 Å². The number of hydrogen-bond donors (Lipinski definition) is 0. The zero-order valence-corrected chi connectivity index (χ0v) is 13.7. The number of halogens is 1. The topological polar surface area (TPSA) is 57.9 Å². The van der Waals surface area contributed by atoms with Gasteiger partial charge in [0.15, 0.2) is 9.84 Å². The van der Waals surface area contributed by atoms with Gasteiger partial charge in [-0.1, -0.05) is 43.5 Å². The molecule has 1 aromatic carbocycles. The molecule has 114 valence electrons. The third kappa shape index (κ3) is 3.41. The Morgan fingerprint density at radius 1 is 1.33 bits per heavy atom. The molecule has 1 aromatic rings. The molecule has 1 aliphatic rings. The molecule has 3 unspecified atom stereocenters. The van der Waals surface area contributed by atoms with Gasteiger partial charge in [0.2, 0.25) is 0 Å². The van der Waals surface area contributed by atoms with Crippen molar-refractivity contribution in [2.45, 2.75) is 49.2 Å². The van der Waals surface area contributed by atoms with Gasteiger partial charge in [-0.2, -0.15) is 5.26 Å². The van der Waals surface area contributed by atoms with Crippen LogP contribution in [-0.4, -0.2) is 13.7 Å². The summed E-state index contributed by atoms with van der Waals surface area (Å²) >= 11 is 6.05. The zero-order chi connectivity index (χ0) is 15.5. The highest BCUT2D eigenvalue weighted by Crippen LogP contribution is 2.39. The highest BCUT2D eigenvalue weighted by molar-refractivity contribution is 7.92. The largest absolute Gasteiger partial charge is 0.223 e. The molecule has 1 fully saturated rings. The summed E-state index contributed by atoms with van der Waals surface area (Å²) < 4.78 is 25.8. The standard InChI is InChI=1S/C16H20ClNO2S/c1-2-5-12-8-9-13(11-18)16(10-12)21(19,20)15-7-4-3-6-14(15)17/h3-4,6-7,12-13,16H,2,5,8-10H2,1H3. The fourth-order valence-corrected chi connectivity index (χ4v) is 5.76. The SMILES string of the molecule is CCCC1CCC(C#N)C(S(=O)(=O)c2ccccc2Cl)C1. The van der Waals surface area contributed by atoms with Gasteiger partial charge in [-0.05, 0) is 37.3 Å². The lowest BCUT2D eigenvalue weighted by Gasteiger charge is -2.32. The summed E-state index contributed by atoms with van der Waals surface area (Å²) in [7, 11) is -3.56. The molecule has 0 aromatic heterocycles. The van der Waals surface area contributed by atoms with Crippen molar-refractivity contribution < 1.29 is 8.42 Å². The van der Waals surface area contributed by atoms with Gasteiger partial charge in [0, 0.05) is 0 Å². The summed E-state index contributed by atoms with van der Waals surface area (Å²) in [4.78, 5) is 0.161. The van der Waals surface area contributed by atoms with Gasteiger partial charge in [0.05, 0.1) is 27.2 Å². The molecule has 0 spiro atoms. The van der Waals surface area contributed by atoms with Crippen LogP contribution >= 0.6 is 11.6 Å². The van der Waals surface area contributed by atoms with Crippen LogP contribution in [0, 0.1) is 23.2 Å². The van der Waals surface area contributed by atoms with Crippen LogP contribution in [0.2, 0.25) is 5.02 Å². The van der Waals surface area contributed by atoms with Gasteiger partial charge in [-0.25, -0.2) is 8.42 Å². The Kier molecular flexibility index (Phi) is 5.29. The van der Waals surface area contributed by atoms with Crippen molar-refractivity contribution in [2.24, 2.45) is 11.8 Å². The summed E-state index contributed by atoms with van der Waals surface area (Å²) in [6, 6.07) is 8.70. The first kappa shape index (κ1) is 16.3. The Hall–Kier alpha value is -1.05. The van der Waals surface area contributed by atoms with Crippen LogP contribution in [0.1, 0.15) is 39.0 Å². The zero-order valence-electron chi connectivity index (χ0n) is 12.1. The van der Waals surface area contributed by atoms with Crippen molar-refractivity contribution in [1.82, 2.24) is 0 Å². The minimum Gasteiger partial charge on any atom is -0.223 e. The first-order chi connectivity index (χ1) is 10.0. The van der Waals surface area contributed by atoms with Crippen molar-refractivity contribution in [3.8, 4) is 6.07 Å². The van der Waals surface area contributed by atoms with E-state index in [1.54, 1.807) is 18.2 Å². The molecule has 0 amide bonds. The smallest absolute Gasteiger partial charge is 0.184 e. The molecule has 0 aliphatic heterocycles. The van der Waals surface area contributed by atoms with Crippen LogP contribution in [0.3, 0.4) is 0 Å². The number of rotatable bonds is 4. The third-order valence-electron chi connectivity index (χ3n) is 4.30. The van der Waals surface area contributed by atoms with E-state index in [2.05, 4.69) is 13.0 Å². The molecule has 0 N–H and O–H groups in total. The van der Waals surface area contributed by atoms with E-state index in [0.717, 1.165) is 19.3 Å². The van der Waals surface area contributed by atoms with E-state index >= 15 is 0 Å². The van der Waals surface area contributed by atoms with Gasteiger partial charge in [-0.15, -0.1) is 0 Å². The van der Waals surface area contributed by atoms with Gasteiger partial charge >= 0.3 is 0 Å². The second-order valence-electron chi connectivity index (χ2n) is 5.72. The van der Waals surface area contributed by atoms with Crippen molar-refractivity contribution >= 4 is 21.4 Å². The molecule has 3 atom stereocenters. The van der Waals surface area contributed by atoms with Crippen molar-refractivity contribution in [2.75, 3.05) is 0 Å². The van der Waals surface area contributed by atoms with E-state index in [-0.39, 0.29) is 9.92 Å². The summed E-state index contributed by atoms with van der Waals surface area (Å²) in [6.45, 7) is 2.11. The first-order valence-electron chi connectivity index (χ1n) is 7.38. The molecule has 0 saturated heterocycles. The van der Waals surface area contributed by atoms with Crippen LogP contribution < -0.4 is 0 Å². The molecule has 1 aliphatic carbocycles. The molecule has 2 rings (SSSR count). The van der Waals surface area contributed by atoms with E-state index in [9.17, 15) is 13.7 Å². The Morgan fingerprint density at radius 2 is 2.05 bits per heavy atom. The van der Waals surface area contributed by atoms with Crippen molar-refractivity contribution in [3.63, 3.8) is 0 Å². The highest BCUT2D eigenvalue weighted by atomic mass is 35.5. The van der Waals surface area contributed by atoms with E-state index in [0.29, 0.717) is 18.8 Å². The maximum absolute atomic E-state index is 12.9. The second kappa shape index (κ2) is 6.81. The van der Waals surface area contributed by atoms with E-state index in [1.807, 2.05) is 0 Å². The van der Waals surface area contributed by atoms with Crippen molar-refractivity contribution in [1.29, 1.82) is 5.26 Å². The molecule has 21 heavy (non-hydrogen) atoms. The first-order valence-corrected chi connectivity index (χ1v) is 9.31. The minimum absolute atomic E-state index is 0.161. The van der Waals surface area contributed by atoms with E-state index in [4.69, 9.17) is 11.6 Å². The average Bonchev–Trinajstić information content (AvgIpc) is 2.48. The van der Waals surface area contributed by atoms with Gasteiger partial charge in [0.1, 0.15) is 0 Å². The monoisotopic (exact) mass is 325 g/mol. The number of benzene rings is 1. The van der Waals surface area contributed by atoms with Gasteiger partial charge in [0.25, 0.3) is 0 Å². The fourth-order valence-electron chi connectivity index (χ4n) is 3.21. The molecule has 5 heteroatoms. The fraction of sp³-hybridized carbons (Fsp3) is 0.562. The van der Waals surface area contributed by atoms with Crippen LogP contribution in [0.15, 0.2) is 29.2 Å². The summed E-state index contributed by atoms with van der Waals surface area (Å²) in [5.74, 6) is -0.0405. The predicted molar refractivity (Wildman–Crippen MR) is 83.8 cm³/mol. The average molecular weight is 326 g/mol. The number of sulfone groups is 1. The van der Waals surface area contributed by atoms with Crippen molar-refractivity contribution in [3.05, 3.63) is 29.3 Å². The maximum Gasteiger partial charge on any atom is 0.184 e. The maximum atomic E-state index is 12.9. The van der Waals surface area contributed by atoms with E-state index in [1.165, 1.54) is 6.07 Å². The molecular formula is C16H20ClNO2S. The molecule has 0 bridgehead atoms. The normalized spacial score (nSPS) is 26.2.